The number of pyridine rings is 1. The van der Waals surface area contributed by atoms with E-state index in [0.29, 0.717) is 6.67 Å². The maximum atomic E-state index is 7.08. The van der Waals surface area contributed by atoms with Crippen LogP contribution >= 0.6 is 0 Å². The lowest BCUT2D eigenvalue weighted by atomic mass is 9.80. The van der Waals surface area contributed by atoms with Gasteiger partial charge in [-0.05, 0) is 121 Å². The summed E-state index contributed by atoms with van der Waals surface area (Å²) in [4.78, 5) is 9.93. The Morgan fingerprint density at radius 3 is 1.70 bits per heavy atom. The number of fused-ring (bicyclic) bond motifs is 3. The summed E-state index contributed by atoms with van der Waals surface area (Å²) in [5.74, 6) is 2.44. The van der Waals surface area contributed by atoms with Crippen molar-refractivity contribution in [2.45, 2.75) is 97.8 Å². The van der Waals surface area contributed by atoms with Crippen molar-refractivity contribution in [3.8, 4) is 39.6 Å². The van der Waals surface area contributed by atoms with Crippen LogP contribution in [0, 0.1) is 0 Å². The Bertz CT molecular complexity index is 3400. The van der Waals surface area contributed by atoms with Gasteiger partial charge in [-0.3, -0.25) is 4.57 Å². The zero-order valence-corrected chi connectivity index (χ0v) is 42.8. The second kappa shape index (κ2) is 17.5. The Balaban J connectivity index is 1.09. The fourth-order valence-corrected chi connectivity index (χ4v) is 9.87. The number of aromatic nitrogens is 2. The Morgan fingerprint density at radius 1 is 0.429 bits per heavy atom. The van der Waals surface area contributed by atoms with Crippen LogP contribution in [0.2, 0.25) is 0 Å². The highest BCUT2D eigenvalue weighted by Crippen LogP contribution is 2.45. The molecule has 2 aromatic heterocycles. The third-order valence-electron chi connectivity index (χ3n) is 14.2. The first kappa shape index (κ1) is 46.4. The molecule has 0 radical (unpaired) electrons. The largest absolute Gasteiger partial charge is 0.457 e. The average molecular weight is 919 g/mol. The number of hydrogen-bond acceptors (Lipinski definition) is 4. The van der Waals surface area contributed by atoms with Crippen molar-refractivity contribution < 1.29 is 4.74 Å². The molecule has 0 bridgehead atoms. The van der Waals surface area contributed by atoms with Crippen LogP contribution in [0.4, 0.5) is 11.4 Å². The Labute approximate surface area is 415 Å². The van der Waals surface area contributed by atoms with Gasteiger partial charge in [0.05, 0.1) is 17.7 Å². The molecule has 3 heterocycles. The molecule has 0 N–H and O–H groups in total. The summed E-state index contributed by atoms with van der Waals surface area (Å²) in [6, 6.07) is 63.9. The molecule has 1 aliphatic rings. The van der Waals surface area contributed by atoms with Crippen molar-refractivity contribution in [2.24, 2.45) is 0 Å². The molecule has 0 aliphatic carbocycles. The summed E-state index contributed by atoms with van der Waals surface area (Å²) in [6.45, 7) is 25.9. The maximum absolute atomic E-state index is 7.08. The highest BCUT2D eigenvalue weighted by molar-refractivity contribution is 6.10. The molecule has 352 valence electrons. The van der Waals surface area contributed by atoms with Crippen molar-refractivity contribution in [1.82, 2.24) is 9.55 Å². The molecule has 70 heavy (non-hydrogen) atoms. The van der Waals surface area contributed by atoms with E-state index in [1.54, 1.807) is 0 Å². The van der Waals surface area contributed by atoms with E-state index in [-0.39, 0.29) is 21.7 Å². The van der Waals surface area contributed by atoms with Crippen molar-refractivity contribution in [2.75, 3.05) is 16.5 Å². The zero-order valence-electron chi connectivity index (χ0n) is 42.8. The summed E-state index contributed by atoms with van der Waals surface area (Å²) in [6.07, 6.45) is 4.31. The number of anilines is 2. The zero-order chi connectivity index (χ0) is 49.2. The summed E-state index contributed by atoms with van der Waals surface area (Å²) in [5.41, 5.74) is 14.9. The van der Waals surface area contributed by atoms with Gasteiger partial charge in [-0.25, -0.2) is 4.98 Å². The summed E-state index contributed by atoms with van der Waals surface area (Å²) in [7, 11) is 0. The molecule has 0 fully saturated rings. The number of allylic oxidation sites excluding steroid dienone is 1. The molecular weight excluding hydrogens is 853 g/mol. The number of ether oxygens (including phenoxy) is 1. The van der Waals surface area contributed by atoms with Gasteiger partial charge in [0.2, 0.25) is 0 Å². The third kappa shape index (κ3) is 9.02. The lowest BCUT2D eigenvalue weighted by Gasteiger charge is -2.35. The van der Waals surface area contributed by atoms with E-state index in [1.165, 1.54) is 61.3 Å². The first-order chi connectivity index (χ1) is 33.3. The number of benzene rings is 7. The fraction of sp³-hybridized carbons (Fsp3) is 0.246. The van der Waals surface area contributed by atoms with E-state index in [0.717, 1.165) is 39.4 Å². The first-order valence-corrected chi connectivity index (χ1v) is 24.8. The summed E-state index contributed by atoms with van der Waals surface area (Å²) >= 11 is 0. The minimum absolute atomic E-state index is 0.0395. The minimum atomic E-state index is -0.321. The summed E-state index contributed by atoms with van der Waals surface area (Å²) in [5, 5.41) is 2.32. The van der Waals surface area contributed by atoms with Gasteiger partial charge >= 0.3 is 0 Å². The highest BCUT2D eigenvalue weighted by atomic mass is 16.5. The molecule has 0 saturated heterocycles. The monoisotopic (exact) mass is 919 g/mol. The van der Waals surface area contributed by atoms with Crippen molar-refractivity contribution in [3.63, 3.8) is 0 Å². The van der Waals surface area contributed by atoms with Gasteiger partial charge < -0.3 is 14.5 Å². The second-order valence-corrected chi connectivity index (χ2v) is 22.8. The van der Waals surface area contributed by atoms with E-state index < -0.39 is 0 Å². The number of hydrogen-bond donors (Lipinski definition) is 0. The van der Waals surface area contributed by atoms with Gasteiger partial charge in [0.1, 0.15) is 17.3 Å². The van der Waals surface area contributed by atoms with Crippen LogP contribution in [0.5, 0.6) is 11.5 Å². The number of nitrogens with zero attached hydrogens (tertiary/aromatic N) is 4. The molecule has 9 aromatic rings. The lowest BCUT2D eigenvalue weighted by Crippen LogP contribution is -2.34. The van der Waals surface area contributed by atoms with Crippen LogP contribution in [-0.2, 0) is 21.7 Å². The van der Waals surface area contributed by atoms with Gasteiger partial charge in [0, 0.05) is 57.8 Å². The SMILES string of the molecule is CC(C)(C)c1cc(Oc2ccc3c4cc(-c5ccccc5)ccc4n(-c4cc(C(C)(C)C)ccn4)c3c2)cc(N2C=C(C(C)(C)c3ccccc3)N(c3cc(-c4ccccc4)cc(C(C)(C)C)c3)C2)c1. The molecule has 0 spiro atoms. The standard InChI is InChI=1S/C65H66N4O/c1-62(2,3)49-31-32-66-61(39-49)69-58-30-27-46(44-21-15-12-16-22-44)35-57(58)56-29-28-54(41-59(56)69)70-55-38-51(64(7,8)9)36-52(40-55)67-42-60(65(10,11)48-25-19-14-20-26-48)68(43-67)53-34-47(45-23-17-13-18-24-45)33-50(37-53)63(4,5)6/h12-42H,43H2,1-11H3. The predicted octanol–water partition coefficient (Wildman–Crippen LogP) is 17.3. The number of rotatable bonds is 9. The van der Waals surface area contributed by atoms with Gasteiger partial charge in [-0.1, -0.05) is 179 Å². The predicted molar refractivity (Wildman–Crippen MR) is 296 cm³/mol. The average Bonchev–Trinajstić information content (AvgIpc) is 3.95. The van der Waals surface area contributed by atoms with Gasteiger partial charge in [-0.2, -0.15) is 0 Å². The topological polar surface area (TPSA) is 33.5 Å². The van der Waals surface area contributed by atoms with Crippen molar-refractivity contribution in [3.05, 3.63) is 216 Å². The Kier molecular flexibility index (Phi) is 11.6. The second-order valence-electron chi connectivity index (χ2n) is 22.8. The summed E-state index contributed by atoms with van der Waals surface area (Å²) < 4.78 is 9.38. The maximum Gasteiger partial charge on any atom is 0.137 e. The van der Waals surface area contributed by atoms with Gasteiger partial charge in [0.15, 0.2) is 0 Å². The first-order valence-electron chi connectivity index (χ1n) is 24.8. The van der Waals surface area contributed by atoms with E-state index in [1.807, 2.05) is 6.20 Å². The molecule has 7 aromatic carbocycles. The molecule has 0 saturated carbocycles. The van der Waals surface area contributed by atoms with Crippen molar-refractivity contribution >= 4 is 33.2 Å². The van der Waals surface area contributed by atoms with E-state index in [2.05, 4.69) is 273 Å². The highest BCUT2D eigenvalue weighted by Gasteiger charge is 2.37. The lowest BCUT2D eigenvalue weighted by molar-refractivity contribution is 0.479. The smallest absolute Gasteiger partial charge is 0.137 e. The molecule has 5 nitrogen and oxygen atoms in total. The molecule has 0 unspecified atom stereocenters. The minimum Gasteiger partial charge on any atom is -0.457 e. The quantitative estimate of drug-likeness (QED) is 0.144. The Morgan fingerprint density at radius 2 is 1.04 bits per heavy atom. The van der Waals surface area contributed by atoms with Crippen molar-refractivity contribution in [1.29, 1.82) is 0 Å². The van der Waals surface area contributed by atoms with E-state index in [9.17, 15) is 0 Å². The van der Waals surface area contributed by atoms with Crippen LogP contribution in [0.1, 0.15) is 98.4 Å². The van der Waals surface area contributed by atoms with Gasteiger partial charge in [-0.15, -0.1) is 0 Å². The molecule has 0 atom stereocenters. The van der Waals surface area contributed by atoms with Crippen LogP contribution in [0.3, 0.4) is 0 Å². The molecule has 10 rings (SSSR count). The molecule has 5 heteroatoms. The van der Waals surface area contributed by atoms with E-state index >= 15 is 0 Å². The molecule has 0 amide bonds. The third-order valence-corrected chi connectivity index (χ3v) is 14.2. The van der Waals surface area contributed by atoms with Gasteiger partial charge in [0.25, 0.3) is 0 Å². The normalized spacial score (nSPS) is 13.6. The van der Waals surface area contributed by atoms with Crippen LogP contribution in [0.15, 0.2) is 194 Å². The van der Waals surface area contributed by atoms with E-state index in [4.69, 9.17) is 9.72 Å². The fourth-order valence-electron chi connectivity index (χ4n) is 9.87. The Hall–Kier alpha value is -7.37. The molecular formula is C65H66N4O. The molecule has 1 aliphatic heterocycles. The van der Waals surface area contributed by atoms with Crippen LogP contribution in [-0.4, -0.2) is 16.2 Å². The van der Waals surface area contributed by atoms with Crippen LogP contribution < -0.4 is 14.5 Å². The van der Waals surface area contributed by atoms with Crippen LogP contribution in [0.25, 0.3) is 49.9 Å².